The first-order valence-electron chi connectivity index (χ1n) is 11.0. The van der Waals surface area contributed by atoms with Gasteiger partial charge in [0.2, 0.25) is 0 Å². The van der Waals surface area contributed by atoms with Crippen molar-refractivity contribution < 1.29 is 14.3 Å². The van der Waals surface area contributed by atoms with Crippen LogP contribution in [0.3, 0.4) is 0 Å². The van der Waals surface area contributed by atoms with Gasteiger partial charge in [-0.2, -0.15) is 0 Å². The standard InChI is InChI=1S/C22H37N5O3/c1-4-26(5-2)15-16-30-20-9-7-18(8-10-20)17-24-21(23)25-19-11-13-27(14-12-19)22(28)29-6-3/h7-10,19H,4-6,11-17H2,1-3H3,(H3,23,24,25). The minimum absolute atomic E-state index is 0.223. The number of nitrogens with one attached hydrogen (secondary N) is 1. The lowest BCUT2D eigenvalue weighted by atomic mass is 10.1. The van der Waals surface area contributed by atoms with E-state index in [1.165, 1.54) is 0 Å². The summed E-state index contributed by atoms with van der Waals surface area (Å²) in [6.45, 7) is 12.1. The van der Waals surface area contributed by atoms with Gasteiger partial charge in [-0.25, -0.2) is 9.79 Å². The molecular formula is C22H37N5O3. The molecule has 0 aromatic heterocycles. The van der Waals surface area contributed by atoms with Crippen LogP contribution in [0.2, 0.25) is 0 Å². The lowest BCUT2D eigenvalue weighted by Gasteiger charge is -2.31. The number of amides is 1. The Bertz CT molecular complexity index is 653. The number of rotatable bonds is 10. The summed E-state index contributed by atoms with van der Waals surface area (Å²) >= 11 is 0. The van der Waals surface area contributed by atoms with Crippen molar-refractivity contribution >= 4 is 12.1 Å². The van der Waals surface area contributed by atoms with Gasteiger partial charge in [-0.15, -0.1) is 0 Å². The summed E-state index contributed by atoms with van der Waals surface area (Å²) in [5, 5.41) is 3.26. The van der Waals surface area contributed by atoms with E-state index in [0.29, 0.717) is 38.8 Å². The zero-order chi connectivity index (χ0) is 21.8. The van der Waals surface area contributed by atoms with Crippen LogP contribution in [0.1, 0.15) is 39.2 Å². The zero-order valence-corrected chi connectivity index (χ0v) is 18.6. The van der Waals surface area contributed by atoms with Gasteiger partial charge >= 0.3 is 6.09 Å². The van der Waals surface area contributed by atoms with E-state index >= 15 is 0 Å². The molecule has 8 heteroatoms. The highest BCUT2D eigenvalue weighted by molar-refractivity contribution is 5.78. The van der Waals surface area contributed by atoms with Crippen molar-refractivity contribution in [2.45, 2.75) is 46.2 Å². The van der Waals surface area contributed by atoms with Gasteiger partial charge in [-0.1, -0.05) is 26.0 Å². The van der Waals surface area contributed by atoms with Gasteiger partial charge in [-0.3, -0.25) is 0 Å². The molecule has 1 aromatic carbocycles. The van der Waals surface area contributed by atoms with Crippen LogP contribution in [0.4, 0.5) is 4.79 Å². The molecule has 168 valence electrons. The Morgan fingerprint density at radius 3 is 2.47 bits per heavy atom. The van der Waals surface area contributed by atoms with Gasteiger partial charge in [0.05, 0.1) is 13.2 Å². The second-order valence-corrected chi connectivity index (χ2v) is 7.33. The summed E-state index contributed by atoms with van der Waals surface area (Å²) < 4.78 is 10.9. The Hall–Kier alpha value is -2.48. The minimum atomic E-state index is -0.238. The fraction of sp³-hybridized carbons (Fsp3) is 0.636. The van der Waals surface area contributed by atoms with Crippen molar-refractivity contribution in [2.24, 2.45) is 10.7 Å². The van der Waals surface area contributed by atoms with Crippen LogP contribution in [-0.4, -0.2) is 73.8 Å². The van der Waals surface area contributed by atoms with Crippen LogP contribution in [0.25, 0.3) is 0 Å². The number of hydrogen-bond donors (Lipinski definition) is 2. The number of ether oxygens (including phenoxy) is 2. The highest BCUT2D eigenvalue weighted by atomic mass is 16.6. The van der Waals surface area contributed by atoms with Crippen LogP contribution < -0.4 is 15.8 Å². The second-order valence-electron chi connectivity index (χ2n) is 7.33. The van der Waals surface area contributed by atoms with Crippen molar-refractivity contribution in [3.63, 3.8) is 0 Å². The minimum Gasteiger partial charge on any atom is -0.492 e. The summed E-state index contributed by atoms with van der Waals surface area (Å²) in [6, 6.07) is 8.20. The first-order chi connectivity index (χ1) is 14.5. The van der Waals surface area contributed by atoms with E-state index in [9.17, 15) is 4.79 Å². The SMILES string of the molecule is CCOC(=O)N1CCC(NC(N)=NCc2ccc(OCCN(CC)CC)cc2)CC1. The summed E-state index contributed by atoms with van der Waals surface area (Å²) in [4.78, 5) is 20.3. The Morgan fingerprint density at radius 1 is 1.20 bits per heavy atom. The number of likely N-dealkylation sites (tertiary alicyclic amines) is 1. The number of carbonyl (C=O) groups is 1. The Morgan fingerprint density at radius 2 is 1.87 bits per heavy atom. The first kappa shape index (κ1) is 23.8. The topological polar surface area (TPSA) is 92.4 Å². The van der Waals surface area contributed by atoms with Gasteiger partial charge in [0, 0.05) is 25.7 Å². The number of likely N-dealkylation sites (N-methyl/N-ethyl adjacent to an activating group) is 1. The molecule has 8 nitrogen and oxygen atoms in total. The molecule has 1 fully saturated rings. The molecule has 0 unspecified atom stereocenters. The average Bonchev–Trinajstić information content (AvgIpc) is 2.77. The predicted octanol–water partition coefficient (Wildman–Crippen LogP) is 2.43. The van der Waals surface area contributed by atoms with Crippen LogP contribution >= 0.6 is 0 Å². The molecular weight excluding hydrogens is 382 g/mol. The highest BCUT2D eigenvalue weighted by Crippen LogP contribution is 2.14. The molecule has 0 spiro atoms. The number of guanidine groups is 1. The summed E-state index contributed by atoms with van der Waals surface area (Å²) in [6.07, 6.45) is 1.42. The van der Waals surface area contributed by atoms with Gasteiger partial charge in [0.15, 0.2) is 5.96 Å². The molecule has 3 N–H and O–H groups in total. The summed E-state index contributed by atoms with van der Waals surface area (Å²) in [5.74, 6) is 1.30. The van der Waals surface area contributed by atoms with E-state index in [4.69, 9.17) is 15.2 Å². The quantitative estimate of drug-likeness (QED) is 0.447. The lowest BCUT2D eigenvalue weighted by Crippen LogP contribution is -2.48. The number of benzene rings is 1. The molecule has 1 heterocycles. The van der Waals surface area contributed by atoms with E-state index in [2.05, 4.69) is 29.1 Å². The number of nitrogens with two attached hydrogens (primary N) is 1. The van der Waals surface area contributed by atoms with Crippen molar-refractivity contribution in [3.8, 4) is 5.75 Å². The second kappa shape index (κ2) is 13.0. The molecule has 2 rings (SSSR count). The number of aliphatic imine (C=N–C) groups is 1. The van der Waals surface area contributed by atoms with Crippen LogP contribution in [0.15, 0.2) is 29.3 Å². The molecule has 1 aliphatic rings. The molecule has 1 aliphatic heterocycles. The Kier molecular flexibility index (Phi) is 10.3. The average molecular weight is 420 g/mol. The number of nitrogens with zero attached hydrogens (tertiary/aromatic N) is 3. The van der Waals surface area contributed by atoms with Crippen molar-refractivity contribution in [1.29, 1.82) is 0 Å². The maximum absolute atomic E-state index is 11.7. The maximum atomic E-state index is 11.7. The van der Waals surface area contributed by atoms with Gasteiger partial charge in [0.1, 0.15) is 12.4 Å². The molecule has 0 aliphatic carbocycles. The van der Waals surface area contributed by atoms with Gasteiger partial charge < -0.3 is 30.3 Å². The smallest absolute Gasteiger partial charge is 0.409 e. The molecule has 30 heavy (non-hydrogen) atoms. The largest absolute Gasteiger partial charge is 0.492 e. The van der Waals surface area contributed by atoms with Crippen molar-refractivity contribution in [2.75, 3.05) is 45.9 Å². The lowest BCUT2D eigenvalue weighted by molar-refractivity contribution is 0.0963. The Labute approximate surface area is 180 Å². The third-order valence-corrected chi connectivity index (χ3v) is 5.30. The van der Waals surface area contributed by atoms with Crippen LogP contribution in [-0.2, 0) is 11.3 Å². The van der Waals surface area contributed by atoms with E-state index in [1.807, 2.05) is 31.2 Å². The third kappa shape index (κ3) is 8.10. The fourth-order valence-corrected chi connectivity index (χ4v) is 3.38. The molecule has 1 aromatic rings. The van der Waals surface area contributed by atoms with E-state index in [-0.39, 0.29) is 12.1 Å². The monoisotopic (exact) mass is 419 g/mol. The van der Waals surface area contributed by atoms with E-state index in [1.54, 1.807) is 4.90 Å². The number of carbonyl (C=O) groups excluding carboxylic acids is 1. The zero-order valence-electron chi connectivity index (χ0n) is 18.6. The van der Waals surface area contributed by atoms with Crippen molar-refractivity contribution in [1.82, 2.24) is 15.1 Å². The molecule has 1 amide bonds. The van der Waals surface area contributed by atoms with E-state index < -0.39 is 0 Å². The molecule has 1 saturated heterocycles. The Balaban J connectivity index is 1.70. The molecule has 0 atom stereocenters. The number of piperidine rings is 1. The van der Waals surface area contributed by atoms with Gasteiger partial charge in [0.25, 0.3) is 0 Å². The fourth-order valence-electron chi connectivity index (χ4n) is 3.38. The summed E-state index contributed by atoms with van der Waals surface area (Å²) in [7, 11) is 0. The third-order valence-electron chi connectivity index (χ3n) is 5.30. The van der Waals surface area contributed by atoms with E-state index in [0.717, 1.165) is 43.8 Å². The van der Waals surface area contributed by atoms with Gasteiger partial charge in [-0.05, 0) is 50.6 Å². The highest BCUT2D eigenvalue weighted by Gasteiger charge is 2.23. The molecule has 0 radical (unpaired) electrons. The molecule has 0 saturated carbocycles. The van der Waals surface area contributed by atoms with Crippen LogP contribution in [0.5, 0.6) is 5.75 Å². The predicted molar refractivity (Wildman–Crippen MR) is 120 cm³/mol. The maximum Gasteiger partial charge on any atom is 0.409 e. The van der Waals surface area contributed by atoms with Crippen LogP contribution in [0, 0.1) is 0 Å². The van der Waals surface area contributed by atoms with Crippen molar-refractivity contribution in [3.05, 3.63) is 29.8 Å². The normalized spacial score (nSPS) is 15.3. The first-order valence-corrected chi connectivity index (χ1v) is 11.0. The summed E-state index contributed by atoms with van der Waals surface area (Å²) in [5.41, 5.74) is 7.13. The molecule has 0 bridgehead atoms. The number of hydrogen-bond acceptors (Lipinski definition) is 5.